The van der Waals surface area contributed by atoms with Crippen molar-refractivity contribution in [2.45, 2.75) is 6.42 Å². The van der Waals surface area contributed by atoms with Crippen LogP contribution in [0.25, 0.3) is 0 Å². The topological polar surface area (TPSA) is 76.6 Å². The van der Waals surface area contributed by atoms with E-state index in [2.05, 4.69) is 4.98 Å². The Morgan fingerprint density at radius 2 is 2.08 bits per heavy atom. The number of fused-ring (bicyclic) bond motifs is 1. The monoisotopic (exact) mass is 344 g/mol. The van der Waals surface area contributed by atoms with Gasteiger partial charge in [0, 0.05) is 29.5 Å². The minimum Gasteiger partial charge on any atom is -0.453 e. The summed E-state index contributed by atoms with van der Waals surface area (Å²) in [7, 11) is 1.69. The molecule has 3 rings (SSSR count). The second-order valence-corrected chi connectivity index (χ2v) is 5.77. The predicted octanol–water partition coefficient (Wildman–Crippen LogP) is 2.29. The van der Waals surface area contributed by atoms with Crippen molar-refractivity contribution in [3.8, 4) is 0 Å². The molecule has 0 bridgehead atoms. The maximum Gasteiger partial charge on any atom is 0.357 e. The number of benzene rings is 1. The van der Waals surface area contributed by atoms with Gasteiger partial charge in [0.1, 0.15) is 5.69 Å². The number of hydrogen-bond donors (Lipinski definition) is 0. The number of ether oxygens (including phenoxy) is 1. The third-order valence-corrected chi connectivity index (χ3v) is 3.98. The first-order valence-corrected chi connectivity index (χ1v) is 7.55. The van der Waals surface area contributed by atoms with E-state index in [1.54, 1.807) is 30.1 Å². The number of rotatable bonds is 4. The van der Waals surface area contributed by atoms with E-state index < -0.39 is 12.6 Å². The van der Waals surface area contributed by atoms with Crippen molar-refractivity contribution < 1.29 is 19.1 Å². The van der Waals surface area contributed by atoms with Crippen LogP contribution in [0.4, 0.5) is 5.69 Å². The van der Waals surface area contributed by atoms with Gasteiger partial charge >= 0.3 is 5.97 Å². The van der Waals surface area contributed by atoms with Crippen LogP contribution in [0.5, 0.6) is 0 Å². The Morgan fingerprint density at radius 1 is 1.29 bits per heavy atom. The van der Waals surface area contributed by atoms with E-state index in [1.165, 1.54) is 18.3 Å². The molecule has 0 radical (unpaired) electrons. The Balaban J connectivity index is 1.67. The van der Waals surface area contributed by atoms with Crippen LogP contribution in [0.2, 0.25) is 5.02 Å². The molecular weight excluding hydrogens is 332 g/mol. The van der Waals surface area contributed by atoms with Crippen LogP contribution in [0, 0.1) is 0 Å². The first-order chi connectivity index (χ1) is 11.5. The van der Waals surface area contributed by atoms with Crippen LogP contribution in [0.15, 0.2) is 36.5 Å². The predicted molar refractivity (Wildman–Crippen MR) is 87.4 cm³/mol. The SMILES string of the molecule is CN1C(=O)Cc2cc(C(=O)COC(=O)c3cc(Cl)ccn3)ccc21. The molecule has 0 atom stereocenters. The zero-order valence-corrected chi connectivity index (χ0v) is 13.5. The summed E-state index contributed by atoms with van der Waals surface area (Å²) in [5, 5.41) is 0.357. The summed E-state index contributed by atoms with van der Waals surface area (Å²) in [5.74, 6) is -1.09. The highest BCUT2D eigenvalue weighted by Crippen LogP contribution is 2.28. The van der Waals surface area contributed by atoms with Crippen LogP contribution < -0.4 is 4.90 Å². The molecule has 7 heteroatoms. The summed E-state index contributed by atoms with van der Waals surface area (Å²) in [4.78, 5) is 41.1. The van der Waals surface area contributed by atoms with Crippen LogP contribution in [-0.2, 0) is 16.0 Å². The number of carbonyl (C=O) groups is 3. The van der Waals surface area contributed by atoms with Gasteiger partial charge in [-0.3, -0.25) is 9.59 Å². The molecule has 1 aliphatic heterocycles. The van der Waals surface area contributed by atoms with Crippen molar-refractivity contribution in [2.24, 2.45) is 0 Å². The second kappa shape index (κ2) is 6.41. The Morgan fingerprint density at radius 3 is 2.83 bits per heavy atom. The molecule has 0 unspecified atom stereocenters. The highest BCUT2D eigenvalue weighted by Gasteiger charge is 2.25. The van der Waals surface area contributed by atoms with E-state index in [0.29, 0.717) is 10.6 Å². The van der Waals surface area contributed by atoms with Gasteiger partial charge in [0.15, 0.2) is 12.4 Å². The molecule has 0 fully saturated rings. The standard InChI is InChI=1S/C17H13ClN2O4/c1-20-14-3-2-10(6-11(14)7-16(20)22)15(21)9-24-17(23)13-8-12(18)4-5-19-13/h2-6,8H,7,9H2,1H3. The fourth-order valence-electron chi connectivity index (χ4n) is 2.45. The van der Waals surface area contributed by atoms with Crippen molar-refractivity contribution in [2.75, 3.05) is 18.6 Å². The second-order valence-electron chi connectivity index (χ2n) is 5.33. The maximum atomic E-state index is 12.2. The zero-order valence-electron chi connectivity index (χ0n) is 12.8. The smallest absolute Gasteiger partial charge is 0.357 e. The van der Waals surface area contributed by atoms with Gasteiger partial charge in [-0.1, -0.05) is 11.6 Å². The third kappa shape index (κ3) is 3.14. The molecule has 2 heterocycles. The van der Waals surface area contributed by atoms with Crippen LogP contribution >= 0.6 is 11.6 Å². The van der Waals surface area contributed by atoms with Gasteiger partial charge in [-0.15, -0.1) is 0 Å². The molecular formula is C17H13ClN2O4. The van der Waals surface area contributed by atoms with E-state index >= 15 is 0 Å². The fourth-order valence-corrected chi connectivity index (χ4v) is 2.61. The molecule has 122 valence electrons. The lowest BCUT2D eigenvalue weighted by atomic mass is 10.1. The molecule has 0 saturated heterocycles. The highest BCUT2D eigenvalue weighted by molar-refractivity contribution is 6.30. The molecule has 0 N–H and O–H groups in total. The number of hydrogen-bond acceptors (Lipinski definition) is 5. The molecule has 0 aliphatic carbocycles. The molecule has 2 aromatic rings. The van der Waals surface area contributed by atoms with Gasteiger partial charge in [-0.25, -0.2) is 9.78 Å². The van der Waals surface area contributed by atoms with E-state index in [4.69, 9.17) is 16.3 Å². The van der Waals surface area contributed by atoms with E-state index in [-0.39, 0.29) is 23.8 Å². The van der Waals surface area contributed by atoms with E-state index in [9.17, 15) is 14.4 Å². The third-order valence-electron chi connectivity index (χ3n) is 3.74. The van der Waals surface area contributed by atoms with Crippen LogP contribution in [0.1, 0.15) is 26.4 Å². The molecule has 1 aromatic heterocycles. The number of pyridine rings is 1. The minimum absolute atomic E-state index is 0.0203. The number of anilines is 1. The summed E-state index contributed by atoms with van der Waals surface area (Å²) in [6, 6.07) is 7.89. The Hall–Kier alpha value is -2.73. The lowest BCUT2D eigenvalue weighted by molar-refractivity contribution is -0.117. The van der Waals surface area contributed by atoms with Gasteiger partial charge in [-0.2, -0.15) is 0 Å². The fraction of sp³-hybridized carbons (Fsp3) is 0.176. The minimum atomic E-state index is -0.720. The summed E-state index contributed by atoms with van der Waals surface area (Å²) in [6.07, 6.45) is 1.65. The van der Waals surface area contributed by atoms with E-state index in [0.717, 1.165) is 11.3 Å². The van der Waals surface area contributed by atoms with Gasteiger partial charge in [0.2, 0.25) is 5.91 Å². The number of Topliss-reactive ketones (excluding diaryl/α,β-unsaturated/α-hetero) is 1. The number of halogens is 1. The summed E-state index contributed by atoms with van der Waals surface area (Å²) >= 11 is 5.78. The summed E-state index contributed by atoms with van der Waals surface area (Å²) < 4.78 is 4.97. The van der Waals surface area contributed by atoms with Crippen LogP contribution in [0.3, 0.4) is 0 Å². The van der Waals surface area contributed by atoms with Gasteiger partial charge in [-0.05, 0) is 35.9 Å². The lowest BCUT2D eigenvalue weighted by Gasteiger charge is -2.10. The average molecular weight is 345 g/mol. The molecule has 1 aromatic carbocycles. The molecule has 1 amide bonds. The number of aromatic nitrogens is 1. The number of esters is 1. The lowest BCUT2D eigenvalue weighted by Crippen LogP contribution is -2.20. The zero-order chi connectivity index (χ0) is 17.3. The molecule has 24 heavy (non-hydrogen) atoms. The van der Waals surface area contributed by atoms with Gasteiger partial charge in [0.25, 0.3) is 0 Å². The highest BCUT2D eigenvalue weighted by atomic mass is 35.5. The number of likely N-dealkylation sites (N-methyl/N-ethyl adjacent to an activating group) is 1. The normalized spacial score (nSPS) is 12.9. The van der Waals surface area contributed by atoms with Crippen LogP contribution in [-0.4, -0.2) is 36.3 Å². The van der Waals surface area contributed by atoms with Crippen molar-refractivity contribution in [3.05, 3.63) is 58.4 Å². The van der Waals surface area contributed by atoms with Crippen molar-refractivity contribution in [1.29, 1.82) is 0 Å². The Labute approximate surface area is 143 Å². The van der Waals surface area contributed by atoms with Crippen molar-refractivity contribution in [1.82, 2.24) is 4.98 Å². The van der Waals surface area contributed by atoms with Gasteiger partial charge < -0.3 is 9.64 Å². The van der Waals surface area contributed by atoms with Gasteiger partial charge in [0.05, 0.1) is 6.42 Å². The molecule has 0 spiro atoms. The first-order valence-electron chi connectivity index (χ1n) is 7.17. The largest absolute Gasteiger partial charge is 0.453 e. The van der Waals surface area contributed by atoms with E-state index in [1.807, 2.05) is 0 Å². The first kappa shape index (κ1) is 16.1. The number of nitrogens with zero attached hydrogens (tertiary/aromatic N) is 2. The molecule has 6 nitrogen and oxygen atoms in total. The number of ketones is 1. The average Bonchev–Trinajstić information content (AvgIpc) is 2.86. The Bertz CT molecular complexity index is 850. The van der Waals surface area contributed by atoms with Crippen molar-refractivity contribution in [3.63, 3.8) is 0 Å². The maximum absolute atomic E-state index is 12.2. The quantitative estimate of drug-likeness (QED) is 0.628. The summed E-state index contributed by atoms with van der Waals surface area (Å²) in [6.45, 7) is -0.407. The van der Waals surface area contributed by atoms with Crippen molar-refractivity contribution >= 4 is 34.9 Å². The number of carbonyl (C=O) groups excluding carboxylic acids is 3. The number of amides is 1. The molecule has 1 aliphatic rings. The summed E-state index contributed by atoms with van der Waals surface area (Å²) in [5.41, 5.74) is 2.01. The molecule has 0 saturated carbocycles. The Kier molecular flexibility index (Phi) is 4.31.